The van der Waals surface area contributed by atoms with Crippen molar-refractivity contribution in [2.75, 3.05) is 0 Å². The van der Waals surface area contributed by atoms with Crippen LogP contribution in [-0.4, -0.2) is 37.4 Å². The van der Waals surface area contributed by atoms with Crippen LogP contribution in [0.4, 0.5) is 13.2 Å². The SMILES string of the molecule is CC(Cc1cnc[nH]1)Sc1cccc(C(F)(F)F)c1.O=C(O)C(=O)O. The maximum atomic E-state index is 12.6. The van der Waals surface area contributed by atoms with Gasteiger partial charge in [-0.2, -0.15) is 13.2 Å². The monoisotopic (exact) mass is 376 g/mol. The van der Waals surface area contributed by atoms with Gasteiger partial charge >= 0.3 is 18.1 Å². The summed E-state index contributed by atoms with van der Waals surface area (Å²) in [5.74, 6) is -3.65. The van der Waals surface area contributed by atoms with Gasteiger partial charge in [-0.15, -0.1) is 11.8 Å². The van der Waals surface area contributed by atoms with Gasteiger partial charge in [-0.1, -0.05) is 13.0 Å². The lowest BCUT2D eigenvalue weighted by Crippen LogP contribution is -2.09. The number of H-pyrrole nitrogens is 1. The van der Waals surface area contributed by atoms with Crippen LogP contribution >= 0.6 is 11.8 Å². The van der Waals surface area contributed by atoms with Gasteiger partial charge < -0.3 is 15.2 Å². The van der Waals surface area contributed by atoms with E-state index in [1.54, 1.807) is 18.6 Å². The number of benzene rings is 1. The van der Waals surface area contributed by atoms with Crippen LogP contribution < -0.4 is 0 Å². The van der Waals surface area contributed by atoms with E-state index in [0.29, 0.717) is 4.90 Å². The first-order chi connectivity index (χ1) is 11.6. The fraction of sp³-hybridized carbons (Fsp3) is 0.267. The number of nitrogens with zero attached hydrogens (tertiary/aromatic N) is 1. The Kier molecular flexibility index (Phi) is 7.49. The molecule has 136 valence electrons. The third-order valence-electron chi connectivity index (χ3n) is 2.74. The molecule has 3 N–H and O–H groups in total. The molecule has 1 atom stereocenters. The molecule has 2 rings (SSSR count). The first kappa shape index (κ1) is 20.6. The summed E-state index contributed by atoms with van der Waals surface area (Å²) in [4.78, 5) is 25.7. The lowest BCUT2D eigenvalue weighted by atomic mass is 10.2. The Hall–Kier alpha value is -2.49. The lowest BCUT2D eigenvalue weighted by Gasteiger charge is -2.12. The molecule has 0 aliphatic rings. The minimum atomic E-state index is -4.29. The Morgan fingerprint density at radius 1 is 1.28 bits per heavy atom. The third-order valence-corrected chi connectivity index (χ3v) is 3.84. The van der Waals surface area contributed by atoms with E-state index in [1.807, 2.05) is 6.92 Å². The second-order valence-corrected chi connectivity index (χ2v) is 6.36. The molecule has 0 saturated carbocycles. The van der Waals surface area contributed by atoms with Crippen LogP contribution in [0.1, 0.15) is 18.2 Å². The molecular weight excluding hydrogens is 361 g/mol. The second-order valence-electron chi connectivity index (χ2n) is 4.85. The minimum Gasteiger partial charge on any atom is -0.473 e. The Labute approximate surface area is 145 Å². The van der Waals surface area contributed by atoms with Crippen LogP contribution in [0, 0.1) is 0 Å². The summed E-state index contributed by atoms with van der Waals surface area (Å²) < 4.78 is 37.8. The standard InChI is InChI=1S/C13H13F3N2S.C2H2O4/c1-9(5-11-7-17-8-18-11)19-12-4-2-3-10(6-12)13(14,15)16;3-1(4)2(5)6/h2-4,6-9H,5H2,1H3,(H,17,18);(H,3,4)(H,5,6). The predicted octanol–water partition coefficient (Wildman–Crippen LogP) is 3.31. The normalized spacial score (nSPS) is 12.0. The summed E-state index contributed by atoms with van der Waals surface area (Å²) in [7, 11) is 0. The van der Waals surface area contributed by atoms with Crippen molar-refractivity contribution in [2.24, 2.45) is 0 Å². The fourth-order valence-electron chi connectivity index (χ4n) is 1.73. The number of carboxylic acid groups (broad SMARTS) is 2. The Balaban J connectivity index is 0.000000450. The molecule has 2 aromatic rings. The number of aromatic amines is 1. The molecule has 0 bridgehead atoms. The molecule has 10 heteroatoms. The van der Waals surface area contributed by atoms with E-state index >= 15 is 0 Å². The molecule has 25 heavy (non-hydrogen) atoms. The van der Waals surface area contributed by atoms with Gasteiger partial charge in [-0.25, -0.2) is 14.6 Å². The zero-order valence-electron chi connectivity index (χ0n) is 12.9. The van der Waals surface area contributed by atoms with E-state index in [1.165, 1.54) is 23.9 Å². The zero-order chi connectivity index (χ0) is 19.0. The number of aliphatic carboxylic acids is 2. The maximum Gasteiger partial charge on any atom is 0.416 e. The number of rotatable bonds is 4. The van der Waals surface area contributed by atoms with Crippen LogP contribution in [0.15, 0.2) is 41.7 Å². The van der Waals surface area contributed by atoms with Crippen LogP contribution in [-0.2, 0) is 22.2 Å². The van der Waals surface area contributed by atoms with Crippen molar-refractivity contribution in [3.8, 4) is 0 Å². The summed E-state index contributed by atoms with van der Waals surface area (Å²) in [5, 5.41) is 15.0. The number of hydrogen-bond donors (Lipinski definition) is 3. The van der Waals surface area contributed by atoms with Crippen LogP contribution in [0.25, 0.3) is 0 Å². The average Bonchev–Trinajstić information content (AvgIpc) is 3.00. The molecular formula is C15H15F3N2O4S. The zero-order valence-corrected chi connectivity index (χ0v) is 13.8. The second kappa shape index (κ2) is 9.11. The number of thioether (sulfide) groups is 1. The molecule has 0 fully saturated rings. The molecule has 0 aliphatic carbocycles. The van der Waals surface area contributed by atoms with Crippen molar-refractivity contribution in [2.45, 2.75) is 29.7 Å². The Morgan fingerprint density at radius 3 is 2.40 bits per heavy atom. The minimum absolute atomic E-state index is 0.170. The summed E-state index contributed by atoms with van der Waals surface area (Å²) >= 11 is 1.42. The van der Waals surface area contributed by atoms with E-state index in [9.17, 15) is 13.2 Å². The quantitative estimate of drug-likeness (QED) is 0.559. The molecule has 1 aromatic carbocycles. The number of halogens is 3. The van der Waals surface area contributed by atoms with Gasteiger partial charge in [0.05, 0.1) is 11.9 Å². The third kappa shape index (κ3) is 7.75. The first-order valence-electron chi connectivity index (χ1n) is 6.87. The van der Waals surface area contributed by atoms with Crippen molar-refractivity contribution in [1.29, 1.82) is 0 Å². The van der Waals surface area contributed by atoms with Crippen molar-refractivity contribution in [3.63, 3.8) is 0 Å². The van der Waals surface area contributed by atoms with Gasteiger partial charge in [0.25, 0.3) is 0 Å². The van der Waals surface area contributed by atoms with Crippen molar-refractivity contribution in [3.05, 3.63) is 48.0 Å². The van der Waals surface area contributed by atoms with Gasteiger partial charge in [0, 0.05) is 28.5 Å². The molecule has 1 heterocycles. The molecule has 0 saturated heterocycles. The number of carbonyl (C=O) groups is 2. The van der Waals surface area contributed by atoms with E-state index in [-0.39, 0.29) is 5.25 Å². The highest BCUT2D eigenvalue weighted by atomic mass is 32.2. The van der Waals surface area contributed by atoms with Crippen molar-refractivity contribution >= 4 is 23.7 Å². The fourth-order valence-corrected chi connectivity index (χ4v) is 2.81. The average molecular weight is 376 g/mol. The van der Waals surface area contributed by atoms with E-state index < -0.39 is 23.7 Å². The van der Waals surface area contributed by atoms with E-state index in [4.69, 9.17) is 19.8 Å². The highest BCUT2D eigenvalue weighted by Crippen LogP contribution is 2.33. The number of imidazole rings is 1. The number of carboxylic acids is 2. The summed E-state index contributed by atoms with van der Waals surface area (Å²) in [5.41, 5.74) is 0.373. The maximum absolute atomic E-state index is 12.6. The number of nitrogens with one attached hydrogen (secondary N) is 1. The summed E-state index contributed by atoms with van der Waals surface area (Å²) in [6.45, 7) is 1.98. The van der Waals surface area contributed by atoms with Gasteiger partial charge in [0.1, 0.15) is 0 Å². The topological polar surface area (TPSA) is 103 Å². The van der Waals surface area contributed by atoms with Crippen LogP contribution in [0.2, 0.25) is 0 Å². The largest absolute Gasteiger partial charge is 0.473 e. The smallest absolute Gasteiger partial charge is 0.416 e. The molecule has 0 amide bonds. The molecule has 0 spiro atoms. The van der Waals surface area contributed by atoms with E-state index in [0.717, 1.165) is 18.2 Å². The first-order valence-corrected chi connectivity index (χ1v) is 7.75. The summed E-state index contributed by atoms with van der Waals surface area (Å²) in [6, 6.07) is 5.41. The highest BCUT2D eigenvalue weighted by molar-refractivity contribution is 7.99. The number of hydrogen-bond acceptors (Lipinski definition) is 4. The van der Waals surface area contributed by atoms with Crippen LogP contribution in [0.3, 0.4) is 0 Å². The predicted molar refractivity (Wildman–Crippen MR) is 84.3 cm³/mol. The van der Waals surface area contributed by atoms with Crippen LogP contribution in [0.5, 0.6) is 0 Å². The molecule has 0 radical (unpaired) electrons. The highest BCUT2D eigenvalue weighted by Gasteiger charge is 2.30. The Morgan fingerprint density at radius 2 is 1.92 bits per heavy atom. The van der Waals surface area contributed by atoms with Gasteiger partial charge in [-0.3, -0.25) is 0 Å². The molecule has 0 aliphatic heterocycles. The van der Waals surface area contributed by atoms with Crippen molar-refractivity contribution < 1.29 is 33.0 Å². The summed E-state index contributed by atoms with van der Waals surface area (Å²) in [6.07, 6.45) is -0.232. The van der Waals surface area contributed by atoms with Crippen molar-refractivity contribution in [1.82, 2.24) is 9.97 Å². The molecule has 1 aromatic heterocycles. The van der Waals surface area contributed by atoms with Gasteiger partial charge in [-0.05, 0) is 18.2 Å². The Bertz CT molecular complexity index is 693. The van der Waals surface area contributed by atoms with Gasteiger partial charge in [0.15, 0.2) is 0 Å². The molecule has 1 unspecified atom stereocenters. The molecule has 6 nitrogen and oxygen atoms in total. The lowest BCUT2D eigenvalue weighted by molar-refractivity contribution is -0.159. The van der Waals surface area contributed by atoms with E-state index in [2.05, 4.69) is 9.97 Å². The number of alkyl halides is 3. The number of aromatic nitrogens is 2. The van der Waals surface area contributed by atoms with Gasteiger partial charge in [0.2, 0.25) is 0 Å².